The molecule has 1 aromatic heterocycles. The van der Waals surface area contributed by atoms with Crippen LogP contribution in [0.2, 0.25) is 5.02 Å². The second-order valence-corrected chi connectivity index (χ2v) is 9.21. The van der Waals surface area contributed by atoms with Crippen molar-refractivity contribution in [2.24, 2.45) is 0 Å². The predicted molar refractivity (Wildman–Crippen MR) is 139 cm³/mol. The number of amides is 1. The minimum Gasteiger partial charge on any atom is -0.497 e. The summed E-state index contributed by atoms with van der Waals surface area (Å²) in [5.74, 6) is 1.14. The van der Waals surface area contributed by atoms with Crippen molar-refractivity contribution in [2.45, 2.75) is 32.4 Å². The predicted octanol–water partition coefficient (Wildman–Crippen LogP) is 6.38. The summed E-state index contributed by atoms with van der Waals surface area (Å²) < 4.78 is 17.2. The maximum absolute atomic E-state index is 13.7. The smallest absolute Gasteiger partial charge is 0.291 e. The van der Waals surface area contributed by atoms with Crippen molar-refractivity contribution in [1.82, 2.24) is 4.90 Å². The first-order valence-electron chi connectivity index (χ1n) is 11.9. The van der Waals surface area contributed by atoms with E-state index in [1.807, 2.05) is 48.5 Å². The van der Waals surface area contributed by atoms with Crippen molar-refractivity contribution < 1.29 is 18.7 Å². The average Bonchev–Trinajstić information content (AvgIpc) is 3.17. The molecule has 0 aliphatic carbocycles. The van der Waals surface area contributed by atoms with Crippen LogP contribution in [-0.2, 0) is 6.54 Å². The molecular weight excluding hydrogens is 478 g/mol. The van der Waals surface area contributed by atoms with Crippen molar-refractivity contribution in [3.63, 3.8) is 0 Å². The molecule has 1 aliphatic heterocycles. The van der Waals surface area contributed by atoms with Gasteiger partial charge in [0.25, 0.3) is 5.91 Å². The van der Waals surface area contributed by atoms with E-state index in [4.69, 9.17) is 25.5 Å². The first-order valence-corrected chi connectivity index (χ1v) is 12.3. The van der Waals surface area contributed by atoms with E-state index in [9.17, 15) is 9.59 Å². The van der Waals surface area contributed by atoms with Crippen molar-refractivity contribution in [3.8, 4) is 11.5 Å². The Hall–Kier alpha value is -3.77. The zero-order valence-corrected chi connectivity index (χ0v) is 20.9. The lowest BCUT2D eigenvalue weighted by atomic mass is 9.98. The largest absolute Gasteiger partial charge is 0.497 e. The number of halogens is 1. The number of ether oxygens (including phenoxy) is 2. The molecule has 5 rings (SSSR count). The monoisotopic (exact) mass is 503 g/mol. The third-order valence-electron chi connectivity index (χ3n) is 6.38. The lowest BCUT2D eigenvalue weighted by Crippen LogP contribution is -2.29. The maximum Gasteiger partial charge on any atom is 0.291 e. The van der Waals surface area contributed by atoms with Crippen LogP contribution in [0.15, 0.2) is 75.9 Å². The molecule has 1 atom stereocenters. The minimum absolute atomic E-state index is 0.0608. The molecule has 2 heterocycles. The molecule has 6 nitrogen and oxygen atoms in total. The Morgan fingerprint density at radius 1 is 1.00 bits per heavy atom. The van der Waals surface area contributed by atoms with Crippen LogP contribution in [0.25, 0.3) is 11.0 Å². The highest BCUT2D eigenvalue weighted by atomic mass is 35.5. The van der Waals surface area contributed by atoms with Gasteiger partial charge >= 0.3 is 0 Å². The zero-order chi connectivity index (χ0) is 25.2. The highest BCUT2D eigenvalue weighted by Gasteiger charge is 2.42. The van der Waals surface area contributed by atoms with E-state index in [0.717, 1.165) is 29.7 Å². The van der Waals surface area contributed by atoms with Crippen molar-refractivity contribution >= 4 is 28.5 Å². The number of hydrogen-bond donors (Lipinski definition) is 0. The third-order valence-corrected chi connectivity index (χ3v) is 6.62. The second-order valence-electron chi connectivity index (χ2n) is 8.77. The van der Waals surface area contributed by atoms with Crippen molar-refractivity contribution in [1.29, 1.82) is 0 Å². The summed E-state index contributed by atoms with van der Waals surface area (Å²) in [4.78, 5) is 29.1. The molecule has 0 saturated carbocycles. The molecule has 0 saturated heterocycles. The number of carbonyl (C=O) groups is 1. The Balaban J connectivity index is 1.63. The Morgan fingerprint density at radius 3 is 2.56 bits per heavy atom. The molecule has 184 valence electrons. The molecule has 0 fully saturated rings. The van der Waals surface area contributed by atoms with Gasteiger partial charge in [0, 0.05) is 11.6 Å². The lowest BCUT2D eigenvalue weighted by Gasteiger charge is -2.25. The molecule has 0 N–H and O–H groups in total. The topological polar surface area (TPSA) is 69.0 Å². The molecule has 0 bridgehead atoms. The fraction of sp³-hybridized carbons (Fsp3) is 0.241. The number of benzene rings is 3. The number of hydrogen-bond acceptors (Lipinski definition) is 5. The molecule has 0 spiro atoms. The normalized spacial score (nSPS) is 14.8. The van der Waals surface area contributed by atoms with E-state index >= 15 is 0 Å². The molecule has 36 heavy (non-hydrogen) atoms. The summed E-state index contributed by atoms with van der Waals surface area (Å²) >= 11 is 6.18. The van der Waals surface area contributed by atoms with Crippen LogP contribution in [-0.4, -0.2) is 24.5 Å². The van der Waals surface area contributed by atoms with Gasteiger partial charge in [0.1, 0.15) is 17.1 Å². The number of fused-ring (bicyclic) bond motifs is 2. The molecule has 1 aliphatic rings. The molecular formula is C29H26ClNO5. The van der Waals surface area contributed by atoms with Gasteiger partial charge in [-0.15, -0.1) is 0 Å². The number of methoxy groups -OCH3 is 1. The first-order chi connectivity index (χ1) is 17.5. The van der Waals surface area contributed by atoms with Gasteiger partial charge in [-0.3, -0.25) is 9.59 Å². The van der Waals surface area contributed by atoms with Gasteiger partial charge in [-0.1, -0.05) is 49.2 Å². The number of unbranched alkanes of at least 4 members (excludes halogenated alkanes) is 1. The number of nitrogens with zero attached hydrogens (tertiary/aromatic N) is 1. The highest BCUT2D eigenvalue weighted by Crippen LogP contribution is 2.40. The van der Waals surface area contributed by atoms with Gasteiger partial charge in [-0.05, 0) is 60.0 Å². The van der Waals surface area contributed by atoms with E-state index in [1.165, 1.54) is 0 Å². The van der Waals surface area contributed by atoms with Gasteiger partial charge in [0.2, 0.25) is 5.76 Å². The Labute approximate surface area is 214 Å². The van der Waals surface area contributed by atoms with Gasteiger partial charge in [0.15, 0.2) is 5.43 Å². The quantitative estimate of drug-likeness (QED) is 0.261. The van der Waals surface area contributed by atoms with E-state index in [0.29, 0.717) is 33.9 Å². The van der Waals surface area contributed by atoms with Crippen LogP contribution in [0.3, 0.4) is 0 Å². The van der Waals surface area contributed by atoms with Crippen molar-refractivity contribution in [2.75, 3.05) is 13.7 Å². The van der Waals surface area contributed by atoms with Crippen LogP contribution in [0.1, 0.15) is 53.1 Å². The molecule has 1 unspecified atom stereocenters. The minimum atomic E-state index is -0.635. The summed E-state index contributed by atoms with van der Waals surface area (Å²) in [6.45, 7) is 2.99. The Bertz CT molecular complexity index is 1480. The summed E-state index contributed by atoms with van der Waals surface area (Å²) in [5.41, 5.74) is 2.06. The summed E-state index contributed by atoms with van der Waals surface area (Å²) in [6.07, 6.45) is 1.96. The highest BCUT2D eigenvalue weighted by molar-refractivity contribution is 6.31. The summed E-state index contributed by atoms with van der Waals surface area (Å²) in [6, 6.07) is 19.3. The Kier molecular flexibility index (Phi) is 6.70. The van der Waals surface area contributed by atoms with Crippen LogP contribution in [0.4, 0.5) is 0 Å². The van der Waals surface area contributed by atoms with Crippen LogP contribution >= 0.6 is 11.6 Å². The fourth-order valence-electron chi connectivity index (χ4n) is 4.54. The third kappa shape index (κ3) is 4.44. The molecule has 7 heteroatoms. The lowest BCUT2D eigenvalue weighted by molar-refractivity contribution is 0.0714. The van der Waals surface area contributed by atoms with E-state index in [-0.39, 0.29) is 23.6 Å². The second kappa shape index (κ2) is 10.1. The standard InChI is InChI=1S/C29H26ClNO5/c1-3-4-14-35-22-7-5-6-19(15-22)26-25-27(32)23-16-20(30)10-13-24(23)36-28(25)29(33)31(26)17-18-8-11-21(34-2)12-9-18/h5-13,15-16,26H,3-4,14,17H2,1-2H3. The summed E-state index contributed by atoms with van der Waals surface area (Å²) in [7, 11) is 1.61. The number of rotatable bonds is 8. The van der Waals surface area contributed by atoms with Gasteiger partial charge in [0.05, 0.1) is 30.7 Å². The average molecular weight is 504 g/mol. The van der Waals surface area contributed by atoms with Crippen LogP contribution < -0.4 is 14.9 Å². The van der Waals surface area contributed by atoms with Crippen LogP contribution in [0, 0.1) is 0 Å². The van der Waals surface area contributed by atoms with E-state index < -0.39 is 6.04 Å². The molecule has 3 aromatic carbocycles. The van der Waals surface area contributed by atoms with E-state index in [2.05, 4.69) is 6.92 Å². The van der Waals surface area contributed by atoms with Crippen LogP contribution in [0.5, 0.6) is 11.5 Å². The van der Waals surface area contributed by atoms with Crippen molar-refractivity contribution in [3.05, 3.63) is 104 Å². The number of carbonyl (C=O) groups excluding carboxylic acids is 1. The van der Waals surface area contributed by atoms with Gasteiger partial charge in [-0.25, -0.2) is 0 Å². The Morgan fingerprint density at radius 2 is 1.81 bits per heavy atom. The zero-order valence-electron chi connectivity index (χ0n) is 20.1. The van der Waals surface area contributed by atoms with E-state index in [1.54, 1.807) is 30.2 Å². The van der Waals surface area contributed by atoms with Gasteiger partial charge in [-0.2, -0.15) is 0 Å². The fourth-order valence-corrected chi connectivity index (χ4v) is 4.71. The molecule has 1 amide bonds. The SMILES string of the molecule is CCCCOc1cccc(C2c3c(oc4ccc(Cl)cc4c3=O)C(=O)N2Cc2ccc(OC)cc2)c1. The summed E-state index contributed by atoms with van der Waals surface area (Å²) in [5, 5.41) is 0.776. The maximum atomic E-state index is 13.7. The molecule has 4 aromatic rings. The van der Waals surface area contributed by atoms with Gasteiger partial charge < -0.3 is 18.8 Å². The first kappa shape index (κ1) is 23.9. The molecule has 0 radical (unpaired) electrons.